The van der Waals surface area contributed by atoms with Crippen molar-refractivity contribution in [1.29, 1.82) is 0 Å². The van der Waals surface area contributed by atoms with E-state index in [0.717, 1.165) is 5.92 Å². The third-order valence-corrected chi connectivity index (χ3v) is 1.45. The van der Waals surface area contributed by atoms with Gasteiger partial charge in [0.05, 0.1) is 0 Å². The second kappa shape index (κ2) is 1.51. The Bertz CT molecular complexity index is 111. The molecule has 38 valence electrons. The van der Waals surface area contributed by atoms with Crippen molar-refractivity contribution in [3.8, 4) is 0 Å². The summed E-state index contributed by atoms with van der Waals surface area (Å²) in [7, 11) is 0. The van der Waals surface area contributed by atoms with Gasteiger partial charge in [0.2, 0.25) is 0 Å². The van der Waals surface area contributed by atoms with Crippen LogP contribution in [-0.4, -0.2) is 5.94 Å². The van der Waals surface area contributed by atoms with Gasteiger partial charge in [-0.1, -0.05) is 6.92 Å². The molecule has 0 aromatic carbocycles. The van der Waals surface area contributed by atoms with Crippen LogP contribution in [0, 0.1) is 11.8 Å². The van der Waals surface area contributed by atoms with Gasteiger partial charge in [-0.15, -0.1) is 0 Å². The summed E-state index contributed by atoms with van der Waals surface area (Å²) in [6.45, 7) is 2.14. The smallest absolute Gasteiger partial charge is 0.120 e. The van der Waals surface area contributed by atoms with E-state index in [9.17, 15) is 4.79 Å². The van der Waals surface area contributed by atoms with Crippen LogP contribution in [0.3, 0.4) is 0 Å². The Labute approximate surface area is 43.0 Å². The van der Waals surface area contributed by atoms with Crippen molar-refractivity contribution in [2.24, 2.45) is 11.8 Å². The molecule has 0 bridgehead atoms. The first kappa shape index (κ1) is 4.61. The summed E-state index contributed by atoms with van der Waals surface area (Å²) in [4.78, 5) is 9.62. The average molecular weight is 96.1 g/mol. The molecule has 0 heterocycles. The first-order valence-electron chi connectivity index (χ1n) is 2.55. The van der Waals surface area contributed by atoms with Crippen molar-refractivity contribution < 1.29 is 4.79 Å². The minimum absolute atomic E-state index is 0.567. The van der Waals surface area contributed by atoms with E-state index in [1.54, 1.807) is 12.0 Å². The van der Waals surface area contributed by atoms with E-state index in [1.807, 2.05) is 0 Å². The lowest BCUT2D eigenvalue weighted by Gasteiger charge is -1.70. The molecule has 1 rings (SSSR count). The Kier molecular flexibility index (Phi) is 0.994. The molecular formula is C6H8O. The fourth-order valence-electron chi connectivity index (χ4n) is 0.670. The fourth-order valence-corrected chi connectivity index (χ4v) is 0.670. The maximum atomic E-state index is 9.62. The van der Waals surface area contributed by atoms with Gasteiger partial charge < -0.3 is 0 Å². The normalized spacial score (nSPS) is 36.7. The number of allylic oxidation sites excluding steroid dienone is 1. The highest BCUT2D eigenvalue weighted by molar-refractivity contribution is 5.46. The summed E-state index contributed by atoms with van der Waals surface area (Å²) >= 11 is 0. The topological polar surface area (TPSA) is 17.1 Å². The summed E-state index contributed by atoms with van der Waals surface area (Å²) in [5.74, 6) is 3.10. The maximum Gasteiger partial charge on any atom is 0.120 e. The van der Waals surface area contributed by atoms with E-state index in [2.05, 4.69) is 6.92 Å². The second-order valence-corrected chi connectivity index (χ2v) is 2.16. The third kappa shape index (κ3) is 0.908. The number of hydrogen-bond acceptors (Lipinski definition) is 1. The lowest BCUT2D eigenvalue weighted by Crippen LogP contribution is -1.66. The Hall–Kier alpha value is -0.550. The predicted octanol–water partition coefficient (Wildman–Crippen LogP) is 1.03. The van der Waals surface area contributed by atoms with Crippen LogP contribution in [0.15, 0.2) is 6.08 Å². The van der Waals surface area contributed by atoms with Crippen LogP contribution in [0.5, 0.6) is 0 Å². The van der Waals surface area contributed by atoms with Crippen molar-refractivity contribution >= 4 is 5.94 Å². The quantitative estimate of drug-likeness (QED) is 0.445. The molecule has 0 radical (unpaired) electrons. The lowest BCUT2D eigenvalue weighted by atomic mass is 10.3. The summed E-state index contributed by atoms with van der Waals surface area (Å²) in [5.41, 5.74) is 0. The van der Waals surface area contributed by atoms with Gasteiger partial charge in [0.25, 0.3) is 0 Å². The largest absolute Gasteiger partial charge is 0.234 e. The minimum atomic E-state index is 0.567. The zero-order chi connectivity index (χ0) is 5.28. The van der Waals surface area contributed by atoms with Crippen molar-refractivity contribution in [1.82, 2.24) is 0 Å². The van der Waals surface area contributed by atoms with Gasteiger partial charge >= 0.3 is 0 Å². The highest BCUT2D eigenvalue weighted by Crippen LogP contribution is 2.37. The van der Waals surface area contributed by atoms with Gasteiger partial charge in [-0.05, 0) is 18.3 Å². The van der Waals surface area contributed by atoms with Crippen LogP contribution in [-0.2, 0) is 4.79 Å². The molecule has 0 saturated heterocycles. The Morgan fingerprint density at radius 3 is 2.57 bits per heavy atom. The molecule has 2 atom stereocenters. The molecule has 0 N–H and O–H groups in total. The van der Waals surface area contributed by atoms with Crippen molar-refractivity contribution in [2.75, 3.05) is 0 Å². The minimum Gasteiger partial charge on any atom is -0.234 e. The second-order valence-electron chi connectivity index (χ2n) is 2.16. The van der Waals surface area contributed by atoms with E-state index in [0.29, 0.717) is 5.92 Å². The summed E-state index contributed by atoms with van der Waals surface area (Å²) in [5, 5.41) is 0. The molecule has 1 heteroatoms. The van der Waals surface area contributed by atoms with E-state index in [-0.39, 0.29) is 0 Å². The van der Waals surface area contributed by atoms with Gasteiger partial charge in [-0.2, -0.15) is 0 Å². The van der Waals surface area contributed by atoms with Crippen LogP contribution in [0.2, 0.25) is 0 Å². The van der Waals surface area contributed by atoms with Crippen molar-refractivity contribution in [3.05, 3.63) is 6.08 Å². The van der Waals surface area contributed by atoms with Gasteiger partial charge in [-0.3, -0.25) is 0 Å². The standard InChI is InChI=1S/C6H8O/c1-5-4-6(5)2-3-7/h2,5-6H,4H2,1H3. The predicted molar refractivity (Wildman–Crippen MR) is 27.5 cm³/mol. The monoisotopic (exact) mass is 96.1 g/mol. The molecule has 2 unspecified atom stereocenters. The first-order valence-corrected chi connectivity index (χ1v) is 2.55. The zero-order valence-corrected chi connectivity index (χ0v) is 4.35. The van der Waals surface area contributed by atoms with E-state index in [4.69, 9.17) is 0 Å². The van der Waals surface area contributed by atoms with Crippen LogP contribution in [0.1, 0.15) is 13.3 Å². The molecular weight excluding hydrogens is 88.1 g/mol. The maximum absolute atomic E-state index is 9.62. The molecule has 7 heavy (non-hydrogen) atoms. The summed E-state index contributed by atoms with van der Waals surface area (Å²) in [6.07, 6.45) is 2.81. The van der Waals surface area contributed by atoms with Gasteiger partial charge in [0.1, 0.15) is 5.94 Å². The fraction of sp³-hybridized carbons (Fsp3) is 0.667. The van der Waals surface area contributed by atoms with Crippen molar-refractivity contribution in [2.45, 2.75) is 13.3 Å². The Morgan fingerprint density at radius 1 is 1.86 bits per heavy atom. The lowest BCUT2D eigenvalue weighted by molar-refractivity contribution is 0.567. The third-order valence-electron chi connectivity index (χ3n) is 1.45. The highest BCUT2D eigenvalue weighted by atomic mass is 16.1. The Balaban J connectivity index is 2.34. The molecule has 1 aliphatic rings. The highest BCUT2D eigenvalue weighted by Gasteiger charge is 2.29. The van der Waals surface area contributed by atoms with Crippen LogP contribution >= 0.6 is 0 Å². The van der Waals surface area contributed by atoms with Crippen molar-refractivity contribution in [3.63, 3.8) is 0 Å². The number of carbonyl (C=O) groups excluding carboxylic acids is 1. The van der Waals surface area contributed by atoms with Gasteiger partial charge in [0, 0.05) is 6.08 Å². The molecule has 0 amide bonds. The van der Waals surface area contributed by atoms with E-state index >= 15 is 0 Å². The van der Waals surface area contributed by atoms with E-state index in [1.165, 1.54) is 6.42 Å². The molecule has 1 aliphatic carbocycles. The van der Waals surface area contributed by atoms with Gasteiger partial charge in [-0.25, -0.2) is 4.79 Å². The first-order chi connectivity index (χ1) is 3.34. The molecule has 0 aromatic heterocycles. The Morgan fingerprint density at radius 2 is 2.43 bits per heavy atom. The average Bonchev–Trinajstić information content (AvgIpc) is 2.22. The molecule has 0 spiro atoms. The SMILES string of the molecule is CC1CC1C=C=O. The number of hydrogen-bond donors (Lipinski definition) is 0. The molecule has 0 aliphatic heterocycles. The van der Waals surface area contributed by atoms with Gasteiger partial charge in [0.15, 0.2) is 0 Å². The van der Waals surface area contributed by atoms with Crippen LogP contribution < -0.4 is 0 Å². The van der Waals surface area contributed by atoms with E-state index < -0.39 is 0 Å². The number of rotatable bonds is 1. The molecule has 1 saturated carbocycles. The van der Waals surface area contributed by atoms with Crippen LogP contribution in [0.4, 0.5) is 0 Å². The molecule has 1 nitrogen and oxygen atoms in total. The zero-order valence-electron chi connectivity index (χ0n) is 4.35. The van der Waals surface area contributed by atoms with Crippen LogP contribution in [0.25, 0.3) is 0 Å². The summed E-state index contributed by atoms with van der Waals surface area (Å²) < 4.78 is 0. The molecule has 1 fully saturated rings. The summed E-state index contributed by atoms with van der Waals surface area (Å²) in [6, 6.07) is 0. The molecule has 0 aromatic rings.